The number of hydrogen-bond donors (Lipinski definition) is 3. The van der Waals surface area contributed by atoms with E-state index in [4.69, 9.17) is 24.7 Å². The fourth-order valence-electron chi connectivity index (χ4n) is 3.36. The maximum Gasteiger partial charge on any atom is 0.338 e. The minimum Gasteiger partial charge on any atom is -0.493 e. The maximum absolute atomic E-state index is 12.8. The SMILES string of the molecule is CCOC(=O)C1=C(COC(=O)c2ccc(OCC(N)=O)c(OC)c2)NC(=O)NC1c1ccccc1. The van der Waals surface area contributed by atoms with Gasteiger partial charge >= 0.3 is 18.0 Å². The first-order valence-electron chi connectivity index (χ1n) is 10.6. The summed E-state index contributed by atoms with van der Waals surface area (Å²) in [5, 5.41) is 5.23. The lowest BCUT2D eigenvalue weighted by molar-refractivity contribution is -0.139. The lowest BCUT2D eigenvalue weighted by Crippen LogP contribution is -2.47. The molecule has 1 atom stereocenters. The van der Waals surface area contributed by atoms with Crippen molar-refractivity contribution in [3.8, 4) is 11.5 Å². The number of nitrogens with two attached hydrogens (primary N) is 1. The van der Waals surface area contributed by atoms with E-state index >= 15 is 0 Å². The largest absolute Gasteiger partial charge is 0.493 e. The smallest absolute Gasteiger partial charge is 0.338 e. The second kappa shape index (κ2) is 11.5. The van der Waals surface area contributed by atoms with E-state index in [1.807, 2.05) is 0 Å². The van der Waals surface area contributed by atoms with Gasteiger partial charge < -0.3 is 35.3 Å². The summed E-state index contributed by atoms with van der Waals surface area (Å²) in [7, 11) is 1.37. The molecule has 1 aliphatic rings. The molecule has 2 aromatic carbocycles. The van der Waals surface area contributed by atoms with Crippen LogP contribution < -0.4 is 25.8 Å². The Morgan fingerprint density at radius 3 is 2.40 bits per heavy atom. The van der Waals surface area contributed by atoms with Crippen LogP contribution in [0, 0.1) is 0 Å². The molecule has 35 heavy (non-hydrogen) atoms. The first-order valence-corrected chi connectivity index (χ1v) is 10.6. The van der Waals surface area contributed by atoms with Gasteiger partial charge in [-0.3, -0.25) is 4.79 Å². The Labute approximate surface area is 201 Å². The number of nitrogens with one attached hydrogen (secondary N) is 2. The van der Waals surface area contributed by atoms with Gasteiger partial charge in [-0.15, -0.1) is 0 Å². The van der Waals surface area contributed by atoms with Crippen LogP contribution in [-0.2, 0) is 19.1 Å². The van der Waals surface area contributed by atoms with Gasteiger partial charge in [0.05, 0.1) is 36.6 Å². The molecule has 11 heteroatoms. The van der Waals surface area contributed by atoms with Crippen LogP contribution in [0.2, 0.25) is 0 Å². The van der Waals surface area contributed by atoms with Crippen LogP contribution in [0.15, 0.2) is 59.8 Å². The normalized spacial score (nSPS) is 14.9. The van der Waals surface area contributed by atoms with E-state index in [9.17, 15) is 19.2 Å². The molecule has 0 radical (unpaired) electrons. The van der Waals surface area contributed by atoms with Crippen molar-refractivity contribution >= 4 is 23.9 Å². The predicted octanol–water partition coefficient (Wildman–Crippen LogP) is 1.59. The summed E-state index contributed by atoms with van der Waals surface area (Å²) in [6.07, 6.45) is 0. The second-order valence-electron chi connectivity index (χ2n) is 7.25. The van der Waals surface area contributed by atoms with E-state index in [1.165, 1.54) is 25.3 Å². The van der Waals surface area contributed by atoms with Gasteiger partial charge in [0.2, 0.25) is 0 Å². The third kappa shape index (κ3) is 6.28. The number of hydrogen-bond acceptors (Lipinski definition) is 8. The monoisotopic (exact) mass is 483 g/mol. The van der Waals surface area contributed by atoms with Crippen molar-refractivity contribution in [1.29, 1.82) is 0 Å². The first-order chi connectivity index (χ1) is 16.8. The van der Waals surface area contributed by atoms with Crippen LogP contribution in [0.5, 0.6) is 11.5 Å². The molecule has 0 saturated carbocycles. The predicted molar refractivity (Wildman–Crippen MR) is 122 cm³/mol. The molecule has 0 bridgehead atoms. The van der Waals surface area contributed by atoms with Crippen molar-refractivity contribution < 1.29 is 38.1 Å². The Hall–Kier alpha value is -4.54. The van der Waals surface area contributed by atoms with Crippen molar-refractivity contribution in [1.82, 2.24) is 10.6 Å². The van der Waals surface area contributed by atoms with Crippen LogP contribution in [-0.4, -0.2) is 50.8 Å². The van der Waals surface area contributed by atoms with Gasteiger partial charge in [0.1, 0.15) is 6.61 Å². The molecule has 184 valence electrons. The standard InChI is InChI=1S/C24H25N3O8/c1-3-33-23(30)20-16(26-24(31)27-21(20)14-7-5-4-6-8-14)12-35-22(29)15-9-10-17(18(11-15)32-2)34-13-19(25)28/h4-11,21H,3,12-13H2,1-2H3,(H2,25,28)(H2,26,27,31). The Kier molecular flexibility index (Phi) is 8.28. The van der Waals surface area contributed by atoms with Gasteiger partial charge in [-0.05, 0) is 30.7 Å². The van der Waals surface area contributed by atoms with Crippen LogP contribution in [0.1, 0.15) is 28.9 Å². The van der Waals surface area contributed by atoms with Crippen LogP contribution in [0.4, 0.5) is 4.79 Å². The van der Waals surface area contributed by atoms with Crippen molar-refractivity contribution in [3.63, 3.8) is 0 Å². The van der Waals surface area contributed by atoms with E-state index in [1.54, 1.807) is 37.3 Å². The van der Waals surface area contributed by atoms with Gasteiger partial charge in [0, 0.05) is 0 Å². The van der Waals surface area contributed by atoms with Crippen LogP contribution in [0.3, 0.4) is 0 Å². The third-order valence-corrected chi connectivity index (χ3v) is 4.90. The van der Waals surface area contributed by atoms with E-state index < -0.39 is 36.5 Å². The molecule has 0 fully saturated rings. The number of amides is 3. The topological polar surface area (TPSA) is 155 Å². The number of rotatable bonds is 10. The second-order valence-corrected chi connectivity index (χ2v) is 7.25. The highest BCUT2D eigenvalue weighted by Crippen LogP contribution is 2.30. The Morgan fingerprint density at radius 2 is 1.74 bits per heavy atom. The summed E-state index contributed by atoms with van der Waals surface area (Å²) >= 11 is 0. The third-order valence-electron chi connectivity index (χ3n) is 4.90. The molecule has 1 heterocycles. The average molecular weight is 483 g/mol. The molecule has 11 nitrogen and oxygen atoms in total. The number of primary amides is 1. The fourth-order valence-corrected chi connectivity index (χ4v) is 3.36. The zero-order chi connectivity index (χ0) is 25.4. The highest BCUT2D eigenvalue weighted by molar-refractivity contribution is 5.95. The fraction of sp³-hybridized carbons (Fsp3) is 0.250. The van der Waals surface area contributed by atoms with E-state index in [0.29, 0.717) is 5.56 Å². The first kappa shape index (κ1) is 25.1. The van der Waals surface area contributed by atoms with Crippen LogP contribution in [0.25, 0.3) is 0 Å². The maximum atomic E-state index is 12.8. The summed E-state index contributed by atoms with van der Waals surface area (Å²) in [5.74, 6) is -1.67. The summed E-state index contributed by atoms with van der Waals surface area (Å²) in [6, 6.07) is 11.7. The number of benzene rings is 2. The summed E-state index contributed by atoms with van der Waals surface area (Å²) in [4.78, 5) is 48.7. The molecule has 0 aromatic heterocycles. The van der Waals surface area contributed by atoms with Gasteiger partial charge in [-0.1, -0.05) is 30.3 Å². The Morgan fingerprint density at radius 1 is 1.00 bits per heavy atom. The van der Waals surface area contributed by atoms with E-state index in [0.717, 1.165) is 0 Å². The Bertz CT molecular complexity index is 1150. The zero-order valence-electron chi connectivity index (χ0n) is 19.2. The minimum atomic E-state index is -0.792. The van der Waals surface area contributed by atoms with Crippen molar-refractivity contribution in [3.05, 3.63) is 70.9 Å². The van der Waals surface area contributed by atoms with E-state index in [-0.39, 0.29) is 41.5 Å². The quantitative estimate of drug-likeness (QED) is 0.430. The van der Waals surface area contributed by atoms with Gasteiger partial charge in [-0.25, -0.2) is 14.4 Å². The summed E-state index contributed by atoms with van der Waals surface area (Å²) in [6.45, 7) is 1.02. The summed E-state index contributed by atoms with van der Waals surface area (Å²) < 4.78 is 21.0. The number of carbonyl (C=O) groups excluding carboxylic acids is 4. The van der Waals surface area contributed by atoms with Crippen molar-refractivity contribution in [2.75, 3.05) is 26.9 Å². The molecule has 1 unspecified atom stereocenters. The number of methoxy groups -OCH3 is 1. The lowest BCUT2D eigenvalue weighted by atomic mass is 9.95. The molecular weight excluding hydrogens is 458 g/mol. The zero-order valence-corrected chi connectivity index (χ0v) is 19.2. The van der Waals surface area contributed by atoms with Gasteiger partial charge in [-0.2, -0.15) is 0 Å². The summed E-state index contributed by atoms with van der Waals surface area (Å²) in [5.41, 5.74) is 6.08. The van der Waals surface area contributed by atoms with Crippen molar-refractivity contribution in [2.24, 2.45) is 5.73 Å². The number of ether oxygens (including phenoxy) is 4. The molecule has 4 N–H and O–H groups in total. The molecule has 3 rings (SSSR count). The molecule has 0 aliphatic carbocycles. The highest BCUT2D eigenvalue weighted by Gasteiger charge is 2.34. The molecule has 3 amide bonds. The van der Waals surface area contributed by atoms with E-state index in [2.05, 4.69) is 10.6 Å². The molecule has 1 aliphatic heterocycles. The average Bonchev–Trinajstić information content (AvgIpc) is 2.86. The molecule has 0 saturated heterocycles. The molecule has 0 spiro atoms. The molecule has 2 aromatic rings. The van der Waals surface area contributed by atoms with Crippen LogP contribution >= 0.6 is 0 Å². The lowest BCUT2D eigenvalue weighted by Gasteiger charge is -2.29. The highest BCUT2D eigenvalue weighted by atomic mass is 16.5. The Balaban J connectivity index is 1.84. The van der Waals surface area contributed by atoms with Gasteiger partial charge in [0.25, 0.3) is 5.91 Å². The van der Waals surface area contributed by atoms with Gasteiger partial charge in [0.15, 0.2) is 18.1 Å². The number of urea groups is 1. The minimum absolute atomic E-state index is 0.0998. The number of esters is 2. The van der Waals surface area contributed by atoms with Crippen molar-refractivity contribution in [2.45, 2.75) is 13.0 Å². The number of carbonyl (C=O) groups is 4. The molecular formula is C24H25N3O8.